The lowest BCUT2D eigenvalue weighted by Crippen LogP contribution is -2.18. The maximum Gasteiger partial charge on any atom is 0.358 e. The van der Waals surface area contributed by atoms with Gasteiger partial charge in [0, 0.05) is 20.1 Å². The number of benzene rings is 2. The van der Waals surface area contributed by atoms with Crippen LogP contribution in [0.25, 0.3) is 10.8 Å². The number of aliphatic hydroxyl groups is 1. The number of hydrogen-bond acceptors (Lipinski definition) is 4. The Hall–Kier alpha value is -1.19. The molecule has 0 heterocycles. The number of rotatable bonds is 5. The zero-order valence-corrected chi connectivity index (χ0v) is 12.7. The Balaban J connectivity index is 2.35. The van der Waals surface area contributed by atoms with E-state index in [2.05, 4.69) is 0 Å². The molecule has 4 nitrogen and oxygen atoms in total. The molecule has 0 radical (unpaired) electrons. The van der Waals surface area contributed by atoms with Gasteiger partial charge >= 0.3 is 7.60 Å². The van der Waals surface area contributed by atoms with Crippen molar-refractivity contribution in [2.45, 2.75) is 18.7 Å². The number of aliphatic hydroxyl groups excluding tert-OH is 1. The molecule has 0 saturated heterocycles. The van der Waals surface area contributed by atoms with Gasteiger partial charge in [0.25, 0.3) is 0 Å². The van der Waals surface area contributed by atoms with Gasteiger partial charge in [0.1, 0.15) is 0 Å². The molecule has 0 aliphatic carbocycles. The smallest absolute Gasteiger partial charge is 0.358 e. The first-order chi connectivity index (χ1) is 9.51. The summed E-state index contributed by atoms with van der Waals surface area (Å²) in [6.45, 7) is 1.81. The maximum atomic E-state index is 12.2. The van der Waals surface area contributed by atoms with Crippen molar-refractivity contribution in [1.82, 2.24) is 0 Å². The molecular formula is C15H19O4P. The van der Waals surface area contributed by atoms with Gasteiger partial charge in [0.05, 0.1) is 0 Å². The molecule has 20 heavy (non-hydrogen) atoms. The minimum Gasteiger partial charge on any atom is -0.380 e. The molecule has 0 bridgehead atoms. The van der Waals surface area contributed by atoms with Crippen LogP contribution in [0.1, 0.15) is 18.4 Å². The van der Waals surface area contributed by atoms with E-state index >= 15 is 0 Å². The lowest BCUT2D eigenvalue weighted by atomic mass is 9.98. The van der Waals surface area contributed by atoms with E-state index in [1.165, 1.54) is 14.2 Å². The van der Waals surface area contributed by atoms with Crippen LogP contribution in [0.15, 0.2) is 42.5 Å². The highest BCUT2D eigenvalue weighted by Gasteiger charge is 2.37. The van der Waals surface area contributed by atoms with E-state index in [1.54, 1.807) is 6.92 Å². The quantitative estimate of drug-likeness (QED) is 0.853. The number of hydrogen-bond donors (Lipinski definition) is 1. The van der Waals surface area contributed by atoms with E-state index in [1.807, 2.05) is 42.5 Å². The van der Waals surface area contributed by atoms with E-state index in [-0.39, 0.29) is 5.92 Å². The Morgan fingerprint density at radius 2 is 1.65 bits per heavy atom. The molecule has 2 atom stereocenters. The Morgan fingerprint density at radius 1 is 1.05 bits per heavy atom. The minimum atomic E-state index is -3.50. The van der Waals surface area contributed by atoms with E-state index in [0.29, 0.717) is 0 Å². The Labute approximate surface area is 118 Å². The second-order valence-electron chi connectivity index (χ2n) is 4.71. The van der Waals surface area contributed by atoms with Crippen molar-refractivity contribution in [3.05, 3.63) is 48.0 Å². The molecule has 2 rings (SSSR count). The summed E-state index contributed by atoms with van der Waals surface area (Å²) < 4.78 is 22.0. The van der Waals surface area contributed by atoms with Crippen LogP contribution in [0.4, 0.5) is 0 Å². The predicted octanol–water partition coefficient (Wildman–Crippen LogP) is 3.75. The summed E-state index contributed by atoms with van der Waals surface area (Å²) in [4.78, 5) is 0. The van der Waals surface area contributed by atoms with Gasteiger partial charge in [0.2, 0.25) is 0 Å². The fourth-order valence-corrected chi connectivity index (χ4v) is 3.53. The van der Waals surface area contributed by atoms with Gasteiger partial charge in [-0.15, -0.1) is 0 Å². The first-order valence-corrected chi connectivity index (χ1v) is 8.01. The first kappa shape index (κ1) is 15.2. The van der Waals surface area contributed by atoms with Crippen molar-refractivity contribution in [2.24, 2.45) is 0 Å². The van der Waals surface area contributed by atoms with Crippen molar-refractivity contribution >= 4 is 18.4 Å². The third kappa shape index (κ3) is 2.79. The summed E-state index contributed by atoms with van der Waals surface area (Å²) in [6.07, 6.45) is 0. The summed E-state index contributed by atoms with van der Waals surface area (Å²) in [6, 6.07) is 13.9. The van der Waals surface area contributed by atoms with Crippen LogP contribution in [0.2, 0.25) is 0 Å². The van der Waals surface area contributed by atoms with Crippen LogP contribution in [-0.2, 0) is 13.6 Å². The highest BCUT2D eigenvalue weighted by molar-refractivity contribution is 7.54. The highest BCUT2D eigenvalue weighted by atomic mass is 31.2. The fraction of sp³-hybridized carbons (Fsp3) is 0.333. The average molecular weight is 294 g/mol. The van der Waals surface area contributed by atoms with Gasteiger partial charge in [-0.2, -0.15) is 0 Å². The fourth-order valence-electron chi connectivity index (χ4n) is 2.23. The lowest BCUT2D eigenvalue weighted by molar-refractivity contribution is 0.158. The molecule has 0 amide bonds. The van der Waals surface area contributed by atoms with Gasteiger partial charge in [-0.05, 0) is 16.3 Å². The van der Waals surface area contributed by atoms with E-state index in [9.17, 15) is 9.67 Å². The molecule has 0 spiro atoms. The van der Waals surface area contributed by atoms with Gasteiger partial charge in [-0.1, -0.05) is 49.4 Å². The molecule has 0 aromatic heterocycles. The summed E-state index contributed by atoms with van der Waals surface area (Å²) in [5.41, 5.74) is 0.894. The topological polar surface area (TPSA) is 55.8 Å². The second-order valence-corrected chi connectivity index (χ2v) is 7.05. The van der Waals surface area contributed by atoms with Crippen LogP contribution < -0.4 is 0 Å². The SMILES string of the molecule is COP(=O)(OC)[C@@H](O)[C@H](C)c1ccc2ccccc2c1. The van der Waals surface area contributed by atoms with Crippen molar-refractivity contribution in [3.8, 4) is 0 Å². The molecule has 2 aromatic rings. The normalized spacial score (nSPS) is 15.2. The van der Waals surface area contributed by atoms with Crippen molar-refractivity contribution in [3.63, 3.8) is 0 Å². The lowest BCUT2D eigenvalue weighted by Gasteiger charge is -2.25. The second kappa shape index (κ2) is 6.06. The standard InChI is InChI=1S/C15H19O4P/c1-11(15(16)20(17,18-2)19-3)13-9-8-12-6-4-5-7-14(12)10-13/h4-11,15-16H,1-3H3/t11-,15-/m1/s1. The molecule has 2 aromatic carbocycles. The molecule has 0 aliphatic rings. The minimum absolute atomic E-state index is 0.356. The van der Waals surface area contributed by atoms with Crippen LogP contribution in [0.5, 0.6) is 0 Å². The molecule has 108 valence electrons. The average Bonchev–Trinajstić information content (AvgIpc) is 2.52. The van der Waals surface area contributed by atoms with Gasteiger partial charge < -0.3 is 14.2 Å². The molecule has 0 fully saturated rings. The summed E-state index contributed by atoms with van der Waals surface area (Å²) in [7, 11) is -0.942. The molecule has 5 heteroatoms. The Kier molecular flexibility index (Phi) is 4.61. The summed E-state index contributed by atoms with van der Waals surface area (Å²) in [5.74, 6) is -1.55. The van der Waals surface area contributed by atoms with Gasteiger partial charge in [-0.3, -0.25) is 4.57 Å². The monoisotopic (exact) mass is 294 g/mol. The van der Waals surface area contributed by atoms with Crippen LogP contribution in [0, 0.1) is 0 Å². The third-order valence-corrected chi connectivity index (χ3v) is 5.69. The van der Waals surface area contributed by atoms with Crippen molar-refractivity contribution in [1.29, 1.82) is 0 Å². The third-order valence-electron chi connectivity index (χ3n) is 3.58. The molecule has 0 aliphatic heterocycles. The molecular weight excluding hydrogens is 275 g/mol. The van der Waals surface area contributed by atoms with Crippen LogP contribution in [-0.4, -0.2) is 25.2 Å². The van der Waals surface area contributed by atoms with Gasteiger partial charge in [0.15, 0.2) is 5.85 Å². The zero-order chi connectivity index (χ0) is 14.8. The van der Waals surface area contributed by atoms with E-state index in [0.717, 1.165) is 16.3 Å². The highest BCUT2D eigenvalue weighted by Crippen LogP contribution is 2.54. The largest absolute Gasteiger partial charge is 0.380 e. The molecule has 0 saturated carbocycles. The summed E-state index contributed by atoms with van der Waals surface area (Å²) >= 11 is 0. The Morgan fingerprint density at radius 3 is 2.25 bits per heavy atom. The Bertz CT molecular complexity index is 633. The number of fused-ring (bicyclic) bond motifs is 1. The van der Waals surface area contributed by atoms with Gasteiger partial charge in [-0.25, -0.2) is 0 Å². The van der Waals surface area contributed by atoms with Crippen molar-refractivity contribution < 1.29 is 18.7 Å². The molecule has 0 unspecified atom stereocenters. The first-order valence-electron chi connectivity index (χ1n) is 6.40. The summed E-state index contributed by atoms with van der Waals surface area (Å²) in [5, 5.41) is 12.5. The molecule has 1 N–H and O–H groups in total. The van der Waals surface area contributed by atoms with Crippen LogP contribution >= 0.6 is 7.60 Å². The van der Waals surface area contributed by atoms with E-state index in [4.69, 9.17) is 9.05 Å². The zero-order valence-electron chi connectivity index (χ0n) is 11.8. The maximum absolute atomic E-state index is 12.2. The van der Waals surface area contributed by atoms with Crippen LogP contribution in [0.3, 0.4) is 0 Å². The van der Waals surface area contributed by atoms with E-state index < -0.39 is 13.4 Å². The van der Waals surface area contributed by atoms with Crippen molar-refractivity contribution in [2.75, 3.05) is 14.2 Å². The predicted molar refractivity (Wildman–Crippen MR) is 80.0 cm³/mol.